The molecule has 4 aromatic heterocycles. The number of H-pyrrole nitrogens is 1. The third kappa shape index (κ3) is 3.83. The van der Waals surface area contributed by atoms with E-state index in [0.29, 0.717) is 0 Å². The molecule has 0 aliphatic carbocycles. The summed E-state index contributed by atoms with van der Waals surface area (Å²) in [4.78, 5) is 17.1. The second-order valence-electron chi connectivity index (χ2n) is 7.49. The van der Waals surface area contributed by atoms with Crippen LogP contribution in [0.5, 0.6) is 0 Å². The molecular weight excluding hydrogens is 386 g/mol. The summed E-state index contributed by atoms with van der Waals surface area (Å²) in [5, 5.41) is 8.86. The number of imidazole rings is 1. The molecule has 0 aliphatic rings. The smallest absolute Gasteiger partial charge is 0.0977 e. The van der Waals surface area contributed by atoms with Gasteiger partial charge in [-0.1, -0.05) is 12.1 Å². The van der Waals surface area contributed by atoms with E-state index in [1.807, 2.05) is 61.4 Å². The quantitative estimate of drug-likeness (QED) is 0.441. The van der Waals surface area contributed by atoms with Crippen LogP contribution in [0.2, 0.25) is 0 Å². The van der Waals surface area contributed by atoms with Crippen molar-refractivity contribution in [3.63, 3.8) is 0 Å². The topological polar surface area (TPSA) is 84.3 Å². The summed E-state index contributed by atoms with van der Waals surface area (Å²) in [7, 11) is 1.94. The summed E-state index contributed by atoms with van der Waals surface area (Å²) >= 11 is 0. The molecular formula is C24H23N7. The van der Waals surface area contributed by atoms with E-state index in [1.165, 1.54) is 0 Å². The number of fused-ring (bicyclic) bond motifs is 1. The maximum absolute atomic E-state index is 4.67. The molecule has 0 saturated carbocycles. The Labute approximate surface area is 180 Å². The Balaban J connectivity index is 1.52. The number of pyridine rings is 2. The largest absolute Gasteiger partial charge is 0.343 e. The van der Waals surface area contributed by atoms with E-state index in [9.17, 15) is 0 Å². The van der Waals surface area contributed by atoms with Crippen molar-refractivity contribution in [2.75, 3.05) is 13.6 Å². The molecule has 0 saturated heterocycles. The zero-order chi connectivity index (χ0) is 21.2. The van der Waals surface area contributed by atoms with Gasteiger partial charge < -0.3 is 10.3 Å². The molecule has 5 rings (SSSR count). The maximum Gasteiger partial charge on any atom is 0.0977 e. The Morgan fingerprint density at radius 1 is 1.00 bits per heavy atom. The van der Waals surface area contributed by atoms with Gasteiger partial charge in [-0.05, 0) is 50.4 Å². The minimum atomic E-state index is 0.830. The van der Waals surface area contributed by atoms with Crippen LogP contribution in [0.15, 0.2) is 67.3 Å². The number of hydrogen-bond donors (Lipinski definition) is 2. The molecule has 0 aliphatic heterocycles. The highest BCUT2D eigenvalue weighted by Gasteiger charge is 2.13. The molecule has 5 aromatic rings. The highest BCUT2D eigenvalue weighted by molar-refractivity contribution is 5.89. The molecule has 0 amide bonds. The van der Waals surface area contributed by atoms with Crippen molar-refractivity contribution in [2.45, 2.75) is 13.5 Å². The Bertz CT molecular complexity index is 1350. The van der Waals surface area contributed by atoms with E-state index in [2.05, 4.69) is 48.6 Å². The molecule has 31 heavy (non-hydrogen) atoms. The number of aryl methyl sites for hydroxylation is 1. The summed E-state index contributed by atoms with van der Waals surface area (Å²) in [5.74, 6) is 0. The van der Waals surface area contributed by atoms with Gasteiger partial charge in [0, 0.05) is 41.1 Å². The van der Waals surface area contributed by atoms with Gasteiger partial charge in [-0.2, -0.15) is 5.10 Å². The zero-order valence-electron chi connectivity index (χ0n) is 17.5. The first-order valence-corrected chi connectivity index (χ1v) is 10.3. The van der Waals surface area contributed by atoms with Gasteiger partial charge in [-0.25, -0.2) is 4.98 Å². The van der Waals surface area contributed by atoms with Crippen LogP contribution in [-0.2, 0) is 6.54 Å². The van der Waals surface area contributed by atoms with Gasteiger partial charge in [0.05, 0.1) is 41.2 Å². The van der Waals surface area contributed by atoms with Gasteiger partial charge in [-0.3, -0.25) is 14.6 Å². The highest BCUT2D eigenvalue weighted by atomic mass is 15.3. The number of benzene rings is 1. The average molecular weight is 409 g/mol. The van der Waals surface area contributed by atoms with Crippen LogP contribution in [0, 0.1) is 6.92 Å². The van der Waals surface area contributed by atoms with Gasteiger partial charge in [0.25, 0.3) is 0 Å². The molecule has 0 fully saturated rings. The Morgan fingerprint density at radius 2 is 1.90 bits per heavy atom. The number of aromatic amines is 1. The van der Waals surface area contributed by atoms with Gasteiger partial charge in [0.2, 0.25) is 0 Å². The summed E-state index contributed by atoms with van der Waals surface area (Å²) in [6.07, 6.45) is 5.59. The number of aromatic nitrogens is 6. The van der Waals surface area contributed by atoms with Crippen molar-refractivity contribution in [3.05, 3.63) is 72.9 Å². The molecule has 0 unspecified atom stereocenters. The second kappa shape index (κ2) is 8.12. The van der Waals surface area contributed by atoms with E-state index in [-0.39, 0.29) is 0 Å². The molecule has 0 atom stereocenters. The average Bonchev–Trinajstić information content (AvgIpc) is 3.47. The number of hydrogen-bond acceptors (Lipinski definition) is 5. The lowest BCUT2D eigenvalue weighted by atomic mass is 10.0. The van der Waals surface area contributed by atoms with Crippen LogP contribution in [0.25, 0.3) is 44.8 Å². The molecule has 4 heterocycles. The van der Waals surface area contributed by atoms with E-state index in [4.69, 9.17) is 0 Å². The summed E-state index contributed by atoms with van der Waals surface area (Å²) in [5.41, 5.74) is 7.51. The Morgan fingerprint density at radius 3 is 2.77 bits per heavy atom. The molecule has 7 heteroatoms. The van der Waals surface area contributed by atoms with Crippen LogP contribution in [0.4, 0.5) is 0 Å². The van der Waals surface area contributed by atoms with Crippen LogP contribution in [0.3, 0.4) is 0 Å². The fraction of sp³-hybridized carbons (Fsp3) is 0.167. The second-order valence-corrected chi connectivity index (χ2v) is 7.49. The third-order valence-corrected chi connectivity index (χ3v) is 5.27. The van der Waals surface area contributed by atoms with E-state index in [1.54, 1.807) is 6.33 Å². The summed E-state index contributed by atoms with van der Waals surface area (Å²) in [6.45, 7) is 3.70. The normalized spacial score (nSPS) is 11.3. The van der Waals surface area contributed by atoms with Crippen LogP contribution >= 0.6 is 0 Å². The number of rotatable bonds is 6. The first kappa shape index (κ1) is 19.1. The standard InChI is InChI=1S/C24H23N7/c1-16-4-3-5-22(29-16)24-23(27-15-28-24)17-6-7-20-18(12-17)13-19(14-26-20)21-8-10-31(30-21)11-9-25-2/h3-8,10,12-15,25H,9,11H2,1-2H3,(H,27,28). The highest BCUT2D eigenvalue weighted by Crippen LogP contribution is 2.31. The van der Waals surface area contributed by atoms with Crippen molar-refractivity contribution in [2.24, 2.45) is 0 Å². The predicted molar refractivity (Wildman–Crippen MR) is 122 cm³/mol. The minimum absolute atomic E-state index is 0.830. The van der Waals surface area contributed by atoms with Crippen molar-refractivity contribution in [1.29, 1.82) is 0 Å². The first-order chi connectivity index (χ1) is 15.2. The Kier molecular flexibility index (Phi) is 5.01. The van der Waals surface area contributed by atoms with Gasteiger partial charge >= 0.3 is 0 Å². The molecule has 0 radical (unpaired) electrons. The van der Waals surface area contributed by atoms with E-state index < -0.39 is 0 Å². The molecule has 1 aromatic carbocycles. The minimum Gasteiger partial charge on any atom is -0.343 e. The van der Waals surface area contributed by atoms with Crippen LogP contribution in [0.1, 0.15) is 5.69 Å². The summed E-state index contributed by atoms with van der Waals surface area (Å²) in [6, 6.07) is 16.4. The molecule has 0 spiro atoms. The molecule has 2 N–H and O–H groups in total. The lowest BCUT2D eigenvalue weighted by molar-refractivity contribution is 0.586. The monoisotopic (exact) mass is 409 g/mol. The van der Waals surface area contributed by atoms with Gasteiger partial charge in [0.15, 0.2) is 0 Å². The third-order valence-electron chi connectivity index (χ3n) is 5.27. The number of likely N-dealkylation sites (N-methyl/N-ethyl adjacent to an activating group) is 1. The van der Waals surface area contributed by atoms with E-state index >= 15 is 0 Å². The molecule has 7 nitrogen and oxygen atoms in total. The molecule has 154 valence electrons. The van der Waals surface area contributed by atoms with Gasteiger partial charge in [-0.15, -0.1) is 0 Å². The number of nitrogens with one attached hydrogen (secondary N) is 2. The Hall–Kier alpha value is -3.84. The van der Waals surface area contributed by atoms with Crippen molar-refractivity contribution >= 4 is 10.9 Å². The van der Waals surface area contributed by atoms with Crippen molar-refractivity contribution in [1.82, 2.24) is 35.0 Å². The van der Waals surface area contributed by atoms with Gasteiger partial charge in [0.1, 0.15) is 0 Å². The van der Waals surface area contributed by atoms with Crippen molar-refractivity contribution < 1.29 is 0 Å². The summed E-state index contributed by atoms with van der Waals surface area (Å²) < 4.78 is 1.94. The predicted octanol–water partition coefficient (Wildman–Crippen LogP) is 4.08. The first-order valence-electron chi connectivity index (χ1n) is 10.3. The fourth-order valence-electron chi connectivity index (χ4n) is 3.68. The zero-order valence-corrected chi connectivity index (χ0v) is 17.5. The maximum atomic E-state index is 4.67. The number of nitrogens with zero attached hydrogens (tertiary/aromatic N) is 5. The van der Waals surface area contributed by atoms with E-state index in [0.717, 1.165) is 63.6 Å². The van der Waals surface area contributed by atoms with Crippen LogP contribution in [-0.4, -0.2) is 43.3 Å². The SMILES string of the molecule is CNCCn1ccc(-c2cnc3ccc(-c4nc[nH]c4-c4cccc(C)n4)cc3c2)n1. The van der Waals surface area contributed by atoms with Crippen molar-refractivity contribution in [3.8, 4) is 33.9 Å². The lowest BCUT2D eigenvalue weighted by Crippen LogP contribution is -2.15. The lowest BCUT2D eigenvalue weighted by Gasteiger charge is -2.06. The fourth-order valence-corrected chi connectivity index (χ4v) is 3.68. The molecule has 0 bridgehead atoms. The van der Waals surface area contributed by atoms with Crippen LogP contribution < -0.4 is 5.32 Å².